The van der Waals surface area contributed by atoms with Crippen molar-refractivity contribution < 1.29 is 4.42 Å². The van der Waals surface area contributed by atoms with Gasteiger partial charge in [0, 0.05) is 5.39 Å². The molecule has 7 aromatic rings. The van der Waals surface area contributed by atoms with E-state index in [9.17, 15) is 4.79 Å². The van der Waals surface area contributed by atoms with Crippen LogP contribution in [0.15, 0.2) is 143 Å². The molecule has 2 aliphatic rings. The molecule has 6 aromatic carbocycles. The monoisotopic (exact) mass is 510 g/mol. The molecule has 0 amide bonds. The van der Waals surface area contributed by atoms with E-state index < -0.39 is 0 Å². The third-order valence-electron chi connectivity index (χ3n) is 8.95. The van der Waals surface area contributed by atoms with E-state index in [1.54, 1.807) is 0 Å². The lowest BCUT2D eigenvalue weighted by Gasteiger charge is -2.30. The fraction of sp³-hybridized carbons (Fsp3) is 0.0263. The van der Waals surface area contributed by atoms with Gasteiger partial charge in [0.05, 0.1) is 10.8 Å². The van der Waals surface area contributed by atoms with Gasteiger partial charge in [-0.05, 0) is 85.3 Å². The zero-order valence-corrected chi connectivity index (χ0v) is 21.5. The van der Waals surface area contributed by atoms with Crippen LogP contribution in [0, 0.1) is 0 Å². The Labute approximate surface area is 230 Å². The van der Waals surface area contributed by atoms with Crippen molar-refractivity contribution in [1.82, 2.24) is 0 Å². The van der Waals surface area contributed by atoms with Crippen LogP contribution in [-0.4, -0.2) is 0 Å². The van der Waals surface area contributed by atoms with Crippen molar-refractivity contribution in [3.8, 4) is 33.4 Å². The molecule has 0 aliphatic heterocycles. The average molecular weight is 511 g/mol. The third kappa shape index (κ3) is 2.60. The van der Waals surface area contributed by atoms with Crippen molar-refractivity contribution >= 4 is 21.7 Å². The first-order chi connectivity index (χ1) is 19.7. The first-order valence-corrected chi connectivity index (χ1v) is 13.6. The van der Waals surface area contributed by atoms with Crippen LogP contribution in [0.4, 0.5) is 0 Å². The van der Waals surface area contributed by atoms with Crippen LogP contribution in [0.3, 0.4) is 0 Å². The Balaban J connectivity index is 1.35. The maximum Gasteiger partial charge on any atom is 0.344 e. The smallest absolute Gasteiger partial charge is 0.344 e. The first kappa shape index (κ1) is 21.7. The van der Waals surface area contributed by atoms with Gasteiger partial charge in [-0.1, -0.05) is 109 Å². The maximum absolute atomic E-state index is 12.6. The van der Waals surface area contributed by atoms with Gasteiger partial charge in [0.2, 0.25) is 0 Å². The van der Waals surface area contributed by atoms with Crippen LogP contribution in [0.25, 0.3) is 55.1 Å². The third-order valence-corrected chi connectivity index (χ3v) is 8.95. The van der Waals surface area contributed by atoms with Crippen LogP contribution in [-0.2, 0) is 5.41 Å². The van der Waals surface area contributed by atoms with E-state index in [0.717, 1.165) is 21.9 Å². The minimum absolute atomic E-state index is 0.299. The molecule has 0 N–H and O–H groups in total. The van der Waals surface area contributed by atoms with Crippen molar-refractivity contribution in [2.45, 2.75) is 5.41 Å². The van der Waals surface area contributed by atoms with E-state index in [0.29, 0.717) is 11.0 Å². The molecule has 0 bridgehead atoms. The Hall–Kier alpha value is -5.21. The highest BCUT2D eigenvalue weighted by Gasteiger charge is 2.51. The highest BCUT2D eigenvalue weighted by molar-refractivity contribution is 6.06. The summed E-state index contributed by atoms with van der Waals surface area (Å²) in [5, 5.41) is 2.47. The molecule has 1 aromatic heterocycles. The Morgan fingerprint density at radius 1 is 0.425 bits per heavy atom. The molecule has 0 saturated heterocycles. The van der Waals surface area contributed by atoms with Gasteiger partial charge in [0.25, 0.3) is 0 Å². The van der Waals surface area contributed by atoms with E-state index in [-0.39, 0.29) is 11.0 Å². The number of hydrogen-bond donors (Lipinski definition) is 0. The van der Waals surface area contributed by atoms with Gasteiger partial charge in [0.1, 0.15) is 5.58 Å². The van der Waals surface area contributed by atoms with Gasteiger partial charge < -0.3 is 4.42 Å². The van der Waals surface area contributed by atoms with E-state index in [2.05, 4.69) is 103 Å². The van der Waals surface area contributed by atoms with Crippen LogP contribution in [0.1, 0.15) is 22.3 Å². The molecular formula is C38H22O2. The molecule has 1 heterocycles. The topological polar surface area (TPSA) is 30.2 Å². The summed E-state index contributed by atoms with van der Waals surface area (Å²) in [5.74, 6) is 0. The average Bonchev–Trinajstić information content (AvgIpc) is 3.48. The molecule has 2 heteroatoms. The van der Waals surface area contributed by atoms with Gasteiger partial charge in [-0.25, -0.2) is 4.79 Å². The molecule has 0 atom stereocenters. The molecule has 1 spiro atoms. The van der Waals surface area contributed by atoms with Gasteiger partial charge in [-0.3, -0.25) is 0 Å². The zero-order valence-electron chi connectivity index (χ0n) is 21.5. The predicted molar refractivity (Wildman–Crippen MR) is 162 cm³/mol. The van der Waals surface area contributed by atoms with Crippen LogP contribution < -0.4 is 5.63 Å². The number of fused-ring (bicyclic) bond motifs is 13. The summed E-state index contributed by atoms with van der Waals surface area (Å²) in [6.07, 6.45) is 0. The summed E-state index contributed by atoms with van der Waals surface area (Å²) in [7, 11) is 0. The molecule has 0 unspecified atom stereocenters. The second-order valence-corrected chi connectivity index (χ2v) is 10.8. The van der Waals surface area contributed by atoms with Gasteiger partial charge in [-0.15, -0.1) is 0 Å². The van der Waals surface area contributed by atoms with Crippen molar-refractivity contribution in [2.24, 2.45) is 0 Å². The van der Waals surface area contributed by atoms with E-state index in [1.807, 2.05) is 30.3 Å². The van der Waals surface area contributed by atoms with Crippen molar-refractivity contribution in [3.63, 3.8) is 0 Å². The summed E-state index contributed by atoms with van der Waals surface area (Å²) in [5.41, 5.74) is 12.7. The molecule has 0 saturated carbocycles. The molecular weight excluding hydrogens is 488 g/mol. The molecule has 0 fully saturated rings. The lowest BCUT2D eigenvalue weighted by molar-refractivity contribution is 0.570. The first-order valence-electron chi connectivity index (χ1n) is 13.6. The lowest BCUT2D eigenvalue weighted by atomic mass is 9.70. The largest absolute Gasteiger partial charge is 0.422 e. The van der Waals surface area contributed by atoms with Gasteiger partial charge in [0.15, 0.2) is 0 Å². The molecule has 2 aliphatic carbocycles. The molecule has 0 radical (unpaired) electrons. The predicted octanol–water partition coefficient (Wildman–Crippen LogP) is 8.96. The normalized spacial score (nSPS) is 13.8. The Kier molecular flexibility index (Phi) is 4.16. The standard InChI is InChI=1S/C38H22O2/c39-37-30-13-2-1-9-25(30)31-21-23(18-20-36(31)40-37)24-17-19-29-28-12-5-8-16-34(28)38(35(29)22-24)32-14-6-3-10-26(32)27-11-4-7-15-33(27)38/h1-22H. The highest BCUT2D eigenvalue weighted by atomic mass is 16.4. The minimum atomic E-state index is -0.370. The molecule has 9 rings (SSSR count). The summed E-state index contributed by atoms with van der Waals surface area (Å²) in [4.78, 5) is 12.6. The van der Waals surface area contributed by atoms with E-state index in [4.69, 9.17) is 4.42 Å². The summed E-state index contributed by atoms with van der Waals surface area (Å²) >= 11 is 0. The van der Waals surface area contributed by atoms with E-state index in [1.165, 1.54) is 44.5 Å². The molecule has 40 heavy (non-hydrogen) atoms. The van der Waals surface area contributed by atoms with Crippen LogP contribution >= 0.6 is 0 Å². The SMILES string of the molecule is O=c1oc2ccc(-c3ccc4c(c3)C3(c5ccccc5-c5ccccc53)c3ccccc3-4)cc2c2ccccc12. The van der Waals surface area contributed by atoms with Crippen molar-refractivity contribution in [3.05, 3.63) is 166 Å². The summed E-state index contributed by atoms with van der Waals surface area (Å²) in [6.45, 7) is 0. The summed E-state index contributed by atoms with van der Waals surface area (Å²) in [6, 6.07) is 47.3. The van der Waals surface area contributed by atoms with Crippen LogP contribution in [0.5, 0.6) is 0 Å². The Morgan fingerprint density at radius 2 is 0.925 bits per heavy atom. The number of benzene rings is 6. The van der Waals surface area contributed by atoms with Crippen LogP contribution in [0.2, 0.25) is 0 Å². The Morgan fingerprint density at radius 3 is 1.57 bits per heavy atom. The second-order valence-electron chi connectivity index (χ2n) is 10.8. The lowest BCUT2D eigenvalue weighted by Crippen LogP contribution is -2.25. The highest BCUT2D eigenvalue weighted by Crippen LogP contribution is 2.62. The van der Waals surface area contributed by atoms with Gasteiger partial charge in [-0.2, -0.15) is 0 Å². The maximum atomic E-state index is 12.6. The van der Waals surface area contributed by atoms with Crippen molar-refractivity contribution in [2.75, 3.05) is 0 Å². The zero-order chi connectivity index (χ0) is 26.4. The van der Waals surface area contributed by atoms with Gasteiger partial charge >= 0.3 is 5.63 Å². The minimum Gasteiger partial charge on any atom is -0.422 e. The fourth-order valence-corrected chi connectivity index (χ4v) is 7.33. The molecule has 186 valence electrons. The summed E-state index contributed by atoms with van der Waals surface area (Å²) < 4.78 is 5.68. The Bertz CT molecular complexity index is 2190. The fourth-order valence-electron chi connectivity index (χ4n) is 7.33. The van der Waals surface area contributed by atoms with E-state index >= 15 is 0 Å². The number of rotatable bonds is 1. The second kappa shape index (κ2) is 7.68. The van der Waals surface area contributed by atoms with Crippen molar-refractivity contribution in [1.29, 1.82) is 0 Å². The quantitative estimate of drug-likeness (QED) is 0.163. The molecule has 2 nitrogen and oxygen atoms in total. The number of hydrogen-bond acceptors (Lipinski definition) is 2.